The summed E-state index contributed by atoms with van der Waals surface area (Å²) in [5, 5.41) is 12.0. The second kappa shape index (κ2) is 7.71. The number of benzene rings is 1. The fourth-order valence-electron chi connectivity index (χ4n) is 1.57. The lowest BCUT2D eigenvalue weighted by Gasteiger charge is -2.15. The van der Waals surface area contributed by atoms with Crippen LogP contribution in [0, 0.1) is 0 Å². The fraction of sp³-hybridized carbons (Fsp3) is 0.500. The van der Waals surface area contributed by atoms with Gasteiger partial charge in [0, 0.05) is 0 Å². The molecule has 0 saturated heterocycles. The van der Waals surface area contributed by atoms with Crippen molar-refractivity contribution in [2.75, 3.05) is 13.2 Å². The van der Waals surface area contributed by atoms with E-state index in [1.54, 1.807) is 0 Å². The maximum Gasteiger partial charge on any atom is 0.324 e. The first-order valence-corrected chi connectivity index (χ1v) is 6.35. The lowest BCUT2D eigenvalue weighted by atomic mass is 10.2. The highest BCUT2D eigenvalue weighted by Crippen LogP contribution is 2.13. The van der Waals surface area contributed by atoms with Gasteiger partial charge in [0.1, 0.15) is 18.4 Å². The van der Waals surface area contributed by atoms with Crippen LogP contribution in [0.3, 0.4) is 0 Å². The third kappa shape index (κ3) is 4.75. The zero-order valence-corrected chi connectivity index (χ0v) is 11.0. The summed E-state index contributed by atoms with van der Waals surface area (Å²) in [7, 11) is 0. The number of rotatable bonds is 8. The fourth-order valence-corrected chi connectivity index (χ4v) is 1.57. The second-order valence-corrected chi connectivity index (χ2v) is 4.16. The van der Waals surface area contributed by atoms with Gasteiger partial charge in [0.2, 0.25) is 0 Å². The summed E-state index contributed by atoms with van der Waals surface area (Å²) in [5.74, 6) is -0.158. The van der Waals surface area contributed by atoms with Gasteiger partial charge in [-0.3, -0.25) is 4.79 Å². The summed E-state index contributed by atoms with van der Waals surface area (Å²) in [5.41, 5.74) is 1.18. The Bertz CT molecular complexity index is 379. The molecule has 0 fully saturated rings. The molecule has 0 aliphatic carbocycles. The van der Waals surface area contributed by atoms with Crippen molar-refractivity contribution < 1.29 is 14.6 Å². The van der Waals surface area contributed by atoms with Gasteiger partial charge in [-0.05, 0) is 37.1 Å². The monoisotopic (exact) mass is 251 g/mol. The van der Waals surface area contributed by atoms with E-state index in [0.29, 0.717) is 6.54 Å². The summed E-state index contributed by atoms with van der Waals surface area (Å²) in [4.78, 5) is 11.0. The van der Waals surface area contributed by atoms with Crippen molar-refractivity contribution in [1.29, 1.82) is 0 Å². The average molecular weight is 251 g/mol. The smallest absolute Gasteiger partial charge is 0.324 e. The SMILES string of the molecule is CCCNC(COc1cccc(CC)c1)C(=O)O. The van der Waals surface area contributed by atoms with Crippen molar-refractivity contribution in [3.8, 4) is 5.75 Å². The van der Waals surface area contributed by atoms with Gasteiger partial charge in [-0.1, -0.05) is 26.0 Å². The minimum atomic E-state index is -0.880. The number of nitrogens with one attached hydrogen (secondary N) is 1. The minimum Gasteiger partial charge on any atom is -0.491 e. The highest BCUT2D eigenvalue weighted by molar-refractivity contribution is 5.73. The number of hydrogen-bond donors (Lipinski definition) is 2. The molecule has 1 aromatic rings. The molecule has 1 rings (SSSR count). The predicted molar refractivity (Wildman–Crippen MR) is 71.0 cm³/mol. The van der Waals surface area contributed by atoms with Crippen molar-refractivity contribution in [2.24, 2.45) is 0 Å². The van der Waals surface area contributed by atoms with Crippen LogP contribution in [0.2, 0.25) is 0 Å². The molecular formula is C14H21NO3. The normalized spacial score (nSPS) is 12.1. The molecule has 0 radical (unpaired) electrons. The van der Waals surface area contributed by atoms with Gasteiger partial charge in [-0.2, -0.15) is 0 Å². The van der Waals surface area contributed by atoms with Crippen molar-refractivity contribution in [3.63, 3.8) is 0 Å². The van der Waals surface area contributed by atoms with Gasteiger partial charge in [0.05, 0.1) is 0 Å². The quantitative estimate of drug-likeness (QED) is 0.742. The van der Waals surface area contributed by atoms with E-state index in [-0.39, 0.29) is 6.61 Å². The van der Waals surface area contributed by atoms with Crippen molar-refractivity contribution in [1.82, 2.24) is 5.32 Å². The number of ether oxygens (including phenoxy) is 1. The van der Waals surface area contributed by atoms with Gasteiger partial charge < -0.3 is 15.2 Å². The molecule has 4 heteroatoms. The first-order chi connectivity index (χ1) is 8.67. The van der Waals surface area contributed by atoms with Crippen LogP contribution in [0.1, 0.15) is 25.8 Å². The molecule has 100 valence electrons. The maximum atomic E-state index is 11.0. The number of aliphatic carboxylic acids is 1. The Labute approximate surface area is 108 Å². The van der Waals surface area contributed by atoms with E-state index in [0.717, 1.165) is 18.6 Å². The molecule has 2 N–H and O–H groups in total. The molecule has 0 saturated carbocycles. The molecule has 0 aliphatic heterocycles. The van der Waals surface area contributed by atoms with E-state index in [1.807, 2.05) is 31.2 Å². The van der Waals surface area contributed by atoms with Gasteiger partial charge in [0.25, 0.3) is 0 Å². The van der Waals surface area contributed by atoms with E-state index in [9.17, 15) is 4.79 Å². The van der Waals surface area contributed by atoms with E-state index in [2.05, 4.69) is 12.2 Å². The lowest BCUT2D eigenvalue weighted by Crippen LogP contribution is -2.41. The molecule has 0 bridgehead atoms. The summed E-state index contributed by atoms with van der Waals surface area (Å²) in [6, 6.07) is 7.08. The zero-order chi connectivity index (χ0) is 13.4. The Morgan fingerprint density at radius 1 is 1.44 bits per heavy atom. The van der Waals surface area contributed by atoms with Crippen LogP contribution in [0.5, 0.6) is 5.75 Å². The van der Waals surface area contributed by atoms with E-state index >= 15 is 0 Å². The molecule has 0 aliphatic rings. The zero-order valence-electron chi connectivity index (χ0n) is 11.0. The Balaban J connectivity index is 2.52. The summed E-state index contributed by atoms with van der Waals surface area (Å²) >= 11 is 0. The average Bonchev–Trinajstić information content (AvgIpc) is 2.38. The minimum absolute atomic E-state index is 0.141. The third-order valence-corrected chi connectivity index (χ3v) is 2.66. The third-order valence-electron chi connectivity index (χ3n) is 2.66. The van der Waals surface area contributed by atoms with Crippen molar-refractivity contribution >= 4 is 5.97 Å². The van der Waals surface area contributed by atoms with Gasteiger partial charge >= 0.3 is 5.97 Å². The number of carboxylic acids is 1. The Kier molecular flexibility index (Phi) is 6.22. The number of aryl methyl sites for hydroxylation is 1. The van der Waals surface area contributed by atoms with E-state index < -0.39 is 12.0 Å². The van der Waals surface area contributed by atoms with Crippen molar-refractivity contribution in [3.05, 3.63) is 29.8 Å². The highest BCUT2D eigenvalue weighted by atomic mass is 16.5. The summed E-state index contributed by atoms with van der Waals surface area (Å²) in [6.45, 7) is 4.89. The number of carboxylic acid groups (broad SMARTS) is 1. The Hall–Kier alpha value is -1.55. The molecule has 4 nitrogen and oxygen atoms in total. The molecule has 1 aromatic carbocycles. The van der Waals surface area contributed by atoms with Crippen LogP contribution in [0.25, 0.3) is 0 Å². The number of hydrogen-bond acceptors (Lipinski definition) is 3. The topological polar surface area (TPSA) is 58.6 Å². The predicted octanol–water partition coefficient (Wildman–Crippen LogP) is 2.08. The molecule has 0 aromatic heterocycles. The van der Waals surface area contributed by atoms with E-state index in [4.69, 9.17) is 9.84 Å². The molecule has 0 amide bonds. The second-order valence-electron chi connectivity index (χ2n) is 4.16. The molecular weight excluding hydrogens is 230 g/mol. The molecule has 18 heavy (non-hydrogen) atoms. The van der Waals surface area contributed by atoms with Crippen LogP contribution in [0.15, 0.2) is 24.3 Å². The molecule has 0 heterocycles. The first-order valence-electron chi connectivity index (χ1n) is 6.35. The largest absolute Gasteiger partial charge is 0.491 e. The van der Waals surface area contributed by atoms with Crippen LogP contribution >= 0.6 is 0 Å². The van der Waals surface area contributed by atoms with Crippen LogP contribution < -0.4 is 10.1 Å². The van der Waals surface area contributed by atoms with Gasteiger partial charge in [-0.15, -0.1) is 0 Å². The first kappa shape index (κ1) is 14.5. The maximum absolute atomic E-state index is 11.0. The van der Waals surface area contributed by atoms with Crippen molar-refractivity contribution in [2.45, 2.75) is 32.7 Å². The van der Waals surface area contributed by atoms with Crippen LogP contribution in [0.4, 0.5) is 0 Å². The van der Waals surface area contributed by atoms with Gasteiger partial charge in [0.15, 0.2) is 0 Å². The van der Waals surface area contributed by atoms with Gasteiger partial charge in [-0.25, -0.2) is 0 Å². The lowest BCUT2D eigenvalue weighted by molar-refractivity contribution is -0.140. The molecule has 1 atom stereocenters. The Morgan fingerprint density at radius 2 is 2.22 bits per heavy atom. The molecule has 1 unspecified atom stereocenters. The van der Waals surface area contributed by atoms with E-state index in [1.165, 1.54) is 5.56 Å². The van der Waals surface area contributed by atoms with Crippen LogP contribution in [-0.2, 0) is 11.2 Å². The number of carbonyl (C=O) groups is 1. The van der Waals surface area contributed by atoms with Crippen LogP contribution in [-0.4, -0.2) is 30.3 Å². The highest BCUT2D eigenvalue weighted by Gasteiger charge is 2.16. The summed E-state index contributed by atoms with van der Waals surface area (Å²) < 4.78 is 5.53. The summed E-state index contributed by atoms with van der Waals surface area (Å²) in [6.07, 6.45) is 1.84. The molecule has 0 spiro atoms. The Morgan fingerprint density at radius 3 is 2.83 bits per heavy atom. The standard InChI is InChI=1S/C14H21NO3/c1-3-8-15-13(14(16)17)10-18-12-7-5-6-11(4-2)9-12/h5-7,9,13,15H,3-4,8,10H2,1-2H3,(H,16,17).